The number of likely N-dealkylation sites (N-methyl/N-ethyl adjacent to an activating group) is 1. The van der Waals surface area contributed by atoms with Gasteiger partial charge in [-0.15, -0.1) is 0 Å². The Morgan fingerprint density at radius 3 is 2.33 bits per heavy atom. The third kappa shape index (κ3) is 5.88. The molecule has 2 aromatic carbocycles. The number of ether oxygens (including phenoxy) is 2. The number of esters is 1. The number of hydrogen-bond donors (Lipinski definition) is 1. The van der Waals surface area contributed by atoms with E-state index in [4.69, 9.17) is 4.74 Å². The molecule has 8 nitrogen and oxygen atoms in total. The lowest BCUT2D eigenvalue weighted by molar-refractivity contribution is 0.0600. The molecule has 1 N–H and O–H groups in total. The molecule has 1 aliphatic rings. The van der Waals surface area contributed by atoms with E-state index in [-0.39, 0.29) is 11.5 Å². The van der Waals surface area contributed by atoms with Gasteiger partial charge in [0.15, 0.2) is 5.78 Å². The van der Waals surface area contributed by atoms with Crippen LogP contribution in [0, 0.1) is 0 Å². The van der Waals surface area contributed by atoms with Crippen molar-refractivity contribution < 1.29 is 23.9 Å². The third-order valence-corrected chi connectivity index (χ3v) is 4.88. The van der Waals surface area contributed by atoms with Gasteiger partial charge in [-0.3, -0.25) is 15.0 Å². The number of rotatable bonds is 6. The van der Waals surface area contributed by atoms with Crippen LogP contribution in [-0.4, -0.2) is 74.5 Å². The van der Waals surface area contributed by atoms with Gasteiger partial charge in [-0.2, -0.15) is 0 Å². The molecule has 1 saturated heterocycles. The summed E-state index contributed by atoms with van der Waals surface area (Å²) in [7, 11) is 3.37. The number of carbonyl (C=O) groups excluding carboxylic acids is 3. The van der Waals surface area contributed by atoms with Crippen LogP contribution in [0.3, 0.4) is 0 Å². The van der Waals surface area contributed by atoms with Crippen molar-refractivity contribution in [1.29, 1.82) is 0 Å². The van der Waals surface area contributed by atoms with Crippen LogP contribution in [-0.2, 0) is 4.74 Å². The molecule has 1 heterocycles. The largest absolute Gasteiger partial charge is 0.465 e. The van der Waals surface area contributed by atoms with Gasteiger partial charge in [-0.05, 0) is 43.4 Å². The Balaban J connectivity index is 1.55. The van der Waals surface area contributed by atoms with E-state index < -0.39 is 12.1 Å². The Bertz CT molecular complexity index is 905. The van der Waals surface area contributed by atoms with Crippen LogP contribution in [0.2, 0.25) is 0 Å². The number of amides is 1. The van der Waals surface area contributed by atoms with Crippen molar-refractivity contribution in [3.63, 3.8) is 0 Å². The van der Waals surface area contributed by atoms with Gasteiger partial charge in [0.2, 0.25) is 0 Å². The molecule has 3 rings (SSSR count). The number of ketones is 1. The molecule has 1 fully saturated rings. The van der Waals surface area contributed by atoms with Crippen LogP contribution >= 0.6 is 0 Å². The Morgan fingerprint density at radius 2 is 1.67 bits per heavy atom. The molecule has 0 unspecified atom stereocenters. The van der Waals surface area contributed by atoms with Crippen LogP contribution in [0.15, 0.2) is 48.5 Å². The van der Waals surface area contributed by atoms with E-state index in [2.05, 4.69) is 26.9 Å². The monoisotopic (exact) mass is 411 g/mol. The first-order chi connectivity index (χ1) is 14.4. The smallest absolute Gasteiger partial charge is 0.417 e. The number of nitrogens with zero attached hydrogens (tertiary/aromatic N) is 2. The number of methoxy groups -OCH3 is 1. The second kappa shape index (κ2) is 10.00. The Hall–Kier alpha value is -3.23. The van der Waals surface area contributed by atoms with Crippen molar-refractivity contribution in [2.24, 2.45) is 0 Å². The van der Waals surface area contributed by atoms with Crippen LogP contribution < -0.4 is 10.1 Å². The summed E-state index contributed by atoms with van der Waals surface area (Å²) >= 11 is 0. The highest BCUT2D eigenvalue weighted by Gasteiger charge is 2.18. The zero-order valence-electron chi connectivity index (χ0n) is 17.1. The minimum atomic E-state index is -0.690. The van der Waals surface area contributed by atoms with Crippen LogP contribution in [0.1, 0.15) is 20.7 Å². The molecule has 30 heavy (non-hydrogen) atoms. The normalized spacial score (nSPS) is 14.7. The first-order valence-corrected chi connectivity index (χ1v) is 9.66. The fourth-order valence-corrected chi connectivity index (χ4v) is 3.10. The second-order valence-corrected chi connectivity index (χ2v) is 7.11. The van der Waals surface area contributed by atoms with Gasteiger partial charge in [0.05, 0.1) is 19.2 Å². The van der Waals surface area contributed by atoms with E-state index in [9.17, 15) is 14.4 Å². The molecule has 0 bridgehead atoms. The van der Waals surface area contributed by atoms with Crippen molar-refractivity contribution in [3.05, 3.63) is 59.7 Å². The SMILES string of the molecule is COC(=O)c1ccc(OC(=O)Nc2cccc(C(=O)CN3CCN(C)CC3)c2)cc1. The number of anilines is 1. The Morgan fingerprint density at radius 1 is 0.967 bits per heavy atom. The van der Waals surface area contributed by atoms with E-state index in [1.54, 1.807) is 24.3 Å². The standard InChI is InChI=1S/C22H25N3O5/c1-24-10-12-25(13-11-24)15-20(26)17-4-3-5-18(14-17)23-22(28)30-19-8-6-16(7-9-19)21(27)29-2/h3-9,14H,10-13,15H2,1-2H3,(H,23,28). The van der Waals surface area contributed by atoms with Gasteiger partial charge in [0.1, 0.15) is 5.75 Å². The van der Waals surface area contributed by atoms with E-state index >= 15 is 0 Å². The second-order valence-electron chi connectivity index (χ2n) is 7.11. The van der Waals surface area contributed by atoms with Crippen molar-refractivity contribution in [1.82, 2.24) is 9.80 Å². The number of hydrogen-bond acceptors (Lipinski definition) is 7. The van der Waals surface area contributed by atoms with Crippen molar-refractivity contribution in [2.45, 2.75) is 0 Å². The predicted octanol–water partition coefficient (Wildman–Crippen LogP) is 2.51. The first kappa shape index (κ1) is 21.5. The topological polar surface area (TPSA) is 88.2 Å². The lowest BCUT2D eigenvalue weighted by Crippen LogP contribution is -2.46. The average molecular weight is 411 g/mol. The van der Waals surface area contributed by atoms with E-state index in [1.807, 2.05) is 0 Å². The first-order valence-electron chi connectivity index (χ1n) is 9.66. The molecule has 8 heteroatoms. The van der Waals surface area contributed by atoms with Crippen LogP contribution in [0.4, 0.5) is 10.5 Å². The molecule has 2 aromatic rings. The fraction of sp³-hybridized carbons (Fsp3) is 0.318. The third-order valence-electron chi connectivity index (χ3n) is 4.88. The highest BCUT2D eigenvalue weighted by atomic mass is 16.6. The van der Waals surface area contributed by atoms with Gasteiger partial charge in [-0.25, -0.2) is 9.59 Å². The average Bonchev–Trinajstić information content (AvgIpc) is 2.75. The van der Waals surface area contributed by atoms with Gasteiger partial charge >= 0.3 is 12.1 Å². The van der Waals surface area contributed by atoms with Gasteiger partial charge in [0.25, 0.3) is 0 Å². The number of benzene rings is 2. The summed E-state index contributed by atoms with van der Waals surface area (Å²) in [5.41, 5.74) is 1.36. The maximum Gasteiger partial charge on any atom is 0.417 e. The quantitative estimate of drug-likeness (QED) is 0.577. The molecule has 0 aliphatic carbocycles. The van der Waals surface area contributed by atoms with Crippen LogP contribution in [0.25, 0.3) is 0 Å². The van der Waals surface area contributed by atoms with Crippen LogP contribution in [0.5, 0.6) is 5.75 Å². The molecule has 0 aromatic heterocycles. The number of carbonyl (C=O) groups is 3. The number of piperazine rings is 1. The zero-order chi connectivity index (χ0) is 21.5. The number of Topliss-reactive ketones (excluding diaryl/α,β-unsaturated/α-hetero) is 1. The van der Waals surface area contributed by atoms with Gasteiger partial charge < -0.3 is 14.4 Å². The van der Waals surface area contributed by atoms with E-state index in [0.29, 0.717) is 23.4 Å². The predicted molar refractivity (Wildman–Crippen MR) is 112 cm³/mol. The maximum atomic E-state index is 12.6. The molecular weight excluding hydrogens is 386 g/mol. The lowest BCUT2D eigenvalue weighted by atomic mass is 10.1. The van der Waals surface area contributed by atoms with Crippen molar-refractivity contribution >= 4 is 23.5 Å². The lowest BCUT2D eigenvalue weighted by Gasteiger charge is -2.31. The Kier molecular flexibility index (Phi) is 7.16. The highest BCUT2D eigenvalue weighted by molar-refractivity contribution is 5.99. The maximum absolute atomic E-state index is 12.6. The highest BCUT2D eigenvalue weighted by Crippen LogP contribution is 2.16. The molecular formula is C22H25N3O5. The molecule has 158 valence electrons. The van der Waals surface area contributed by atoms with E-state index in [1.165, 1.54) is 31.4 Å². The summed E-state index contributed by atoms with van der Waals surface area (Å²) in [6, 6.07) is 12.8. The molecule has 0 radical (unpaired) electrons. The molecule has 0 spiro atoms. The summed E-state index contributed by atoms with van der Waals surface area (Å²) in [6.07, 6.45) is -0.690. The van der Waals surface area contributed by atoms with Gasteiger partial charge in [0, 0.05) is 37.4 Å². The van der Waals surface area contributed by atoms with Gasteiger partial charge in [-0.1, -0.05) is 12.1 Å². The fourth-order valence-electron chi connectivity index (χ4n) is 3.10. The zero-order valence-corrected chi connectivity index (χ0v) is 17.1. The minimum Gasteiger partial charge on any atom is -0.465 e. The summed E-state index contributed by atoms with van der Waals surface area (Å²) in [5.74, 6) is -0.179. The number of nitrogens with one attached hydrogen (secondary N) is 1. The summed E-state index contributed by atoms with van der Waals surface area (Å²) in [6.45, 7) is 3.97. The van der Waals surface area contributed by atoms with E-state index in [0.717, 1.165) is 26.2 Å². The minimum absolute atomic E-state index is 0.00923. The Labute approximate surface area is 175 Å². The summed E-state index contributed by atoms with van der Waals surface area (Å²) in [4.78, 5) is 40.6. The van der Waals surface area contributed by atoms with Crippen molar-refractivity contribution in [2.75, 3.05) is 52.2 Å². The van der Waals surface area contributed by atoms with Crippen molar-refractivity contribution in [3.8, 4) is 5.75 Å². The molecule has 0 saturated carbocycles. The summed E-state index contributed by atoms with van der Waals surface area (Å²) in [5, 5.41) is 2.62. The summed E-state index contributed by atoms with van der Waals surface area (Å²) < 4.78 is 9.85. The molecule has 1 amide bonds. The molecule has 1 aliphatic heterocycles. The molecule has 0 atom stereocenters.